The van der Waals surface area contributed by atoms with E-state index in [0.717, 1.165) is 12.8 Å². The van der Waals surface area contributed by atoms with E-state index in [9.17, 15) is 4.79 Å². The van der Waals surface area contributed by atoms with Gasteiger partial charge in [-0.25, -0.2) is 0 Å². The highest BCUT2D eigenvalue weighted by Gasteiger charge is 2.03. The Kier molecular flexibility index (Phi) is 61.0. The lowest BCUT2D eigenvalue weighted by Crippen LogP contribution is -2.04. The van der Waals surface area contributed by atoms with E-state index >= 15 is 0 Å². The van der Waals surface area contributed by atoms with Crippen LogP contribution in [-0.2, 0) is 9.53 Å². The summed E-state index contributed by atoms with van der Waals surface area (Å²) in [6.07, 6.45) is 84.6. The normalized spacial score (nSPS) is 11.6. The van der Waals surface area contributed by atoms with Crippen molar-refractivity contribution in [2.24, 2.45) is 0 Å². The topological polar surface area (TPSA) is 26.3 Å². The van der Waals surface area contributed by atoms with Crippen LogP contribution in [0, 0.1) is 0 Å². The molecular weight excluding hydrogens is 789 g/mol. The minimum atomic E-state index is -0.00480. The first-order valence-electron chi connectivity index (χ1n) is 31.5. The van der Waals surface area contributed by atoms with E-state index < -0.39 is 0 Å². The summed E-state index contributed by atoms with van der Waals surface area (Å²) in [7, 11) is 0. The number of esters is 1. The van der Waals surface area contributed by atoms with Gasteiger partial charge in [-0.1, -0.05) is 373 Å². The third kappa shape index (κ3) is 61.5. The first-order chi connectivity index (χ1) is 32.3. The van der Waals surface area contributed by atoms with Crippen LogP contribution in [0.5, 0.6) is 0 Å². The van der Waals surface area contributed by atoms with E-state index in [1.807, 2.05) is 6.92 Å². The van der Waals surface area contributed by atoms with Crippen molar-refractivity contribution in [2.75, 3.05) is 6.61 Å². The van der Waals surface area contributed by atoms with Gasteiger partial charge in [-0.2, -0.15) is 0 Å². The van der Waals surface area contributed by atoms with E-state index in [1.165, 1.54) is 360 Å². The number of hydrogen-bond acceptors (Lipinski definition) is 2. The maximum atomic E-state index is 11.5. The zero-order chi connectivity index (χ0) is 46.7. The van der Waals surface area contributed by atoms with Crippen molar-refractivity contribution in [3.05, 3.63) is 0 Å². The van der Waals surface area contributed by atoms with Gasteiger partial charge in [0.1, 0.15) is 0 Å². The minimum absolute atomic E-state index is 0.00480. The molecule has 0 spiro atoms. The largest absolute Gasteiger partial charge is 0.466 e. The number of ether oxygens (including phenoxy) is 1. The molecule has 0 aliphatic rings. The number of rotatable bonds is 60. The van der Waals surface area contributed by atoms with Gasteiger partial charge in [0, 0.05) is 6.42 Å². The molecular formula is C63H126O2. The number of hydrogen-bond donors (Lipinski definition) is 0. The molecule has 0 heterocycles. The van der Waals surface area contributed by atoms with Crippen molar-refractivity contribution >= 4 is 5.97 Å². The average molecular weight is 916 g/mol. The fourth-order valence-electron chi connectivity index (χ4n) is 10.4. The van der Waals surface area contributed by atoms with E-state index in [-0.39, 0.29) is 5.97 Å². The molecule has 65 heavy (non-hydrogen) atoms. The van der Waals surface area contributed by atoms with Crippen LogP contribution in [0.3, 0.4) is 0 Å². The van der Waals surface area contributed by atoms with E-state index in [2.05, 4.69) is 6.92 Å². The Morgan fingerprint density at radius 2 is 0.338 bits per heavy atom. The Morgan fingerprint density at radius 1 is 0.200 bits per heavy atom. The summed E-state index contributed by atoms with van der Waals surface area (Å²) >= 11 is 0. The maximum Gasteiger partial charge on any atom is 0.305 e. The standard InChI is InChI=1S/C63H126O2/c1-3-5-6-7-8-9-10-11-12-13-14-15-16-17-18-19-20-21-22-23-24-25-26-27-28-29-30-31-32-33-34-35-36-37-38-39-40-41-42-43-44-45-46-47-48-49-50-51-52-53-54-55-56-57-58-59-60-61-63(64)65-62-4-2/h3-62H2,1-2H3. The molecule has 0 N–H and O–H groups in total. The van der Waals surface area contributed by atoms with Crippen LogP contribution in [0.1, 0.15) is 393 Å². The molecule has 2 nitrogen and oxygen atoms in total. The van der Waals surface area contributed by atoms with Crippen LogP contribution in [0.4, 0.5) is 0 Å². The van der Waals surface area contributed by atoms with Crippen LogP contribution in [-0.4, -0.2) is 12.6 Å². The van der Waals surface area contributed by atoms with Gasteiger partial charge >= 0.3 is 5.97 Å². The molecule has 0 saturated heterocycles. The molecule has 0 bridgehead atoms. The van der Waals surface area contributed by atoms with Crippen molar-refractivity contribution in [1.82, 2.24) is 0 Å². The monoisotopic (exact) mass is 915 g/mol. The average Bonchev–Trinajstić information content (AvgIpc) is 3.31. The zero-order valence-corrected chi connectivity index (χ0v) is 45.7. The van der Waals surface area contributed by atoms with Crippen LogP contribution < -0.4 is 0 Å². The predicted octanol–water partition coefficient (Wildman–Crippen LogP) is 23.6. The van der Waals surface area contributed by atoms with E-state index in [0.29, 0.717) is 13.0 Å². The van der Waals surface area contributed by atoms with Gasteiger partial charge in [0.15, 0.2) is 0 Å². The molecule has 0 radical (unpaired) electrons. The molecule has 0 unspecified atom stereocenters. The lowest BCUT2D eigenvalue weighted by Gasteiger charge is -2.05. The first-order valence-corrected chi connectivity index (χ1v) is 31.5. The third-order valence-electron chi connectivity index (χ3n) is 15.0. The second-order valence-corrected chi connectivity index (χ2v) is 21.8. The van der Waals surface area contributed by atoms with E-state index in [4.69, 9.17) is 4.74 Å². The van der Waals surface area contributed by atoms with Crippen LogP contribution in [0.25, 0.3) is 0 Å². The molecule has 390 valence electrons. The van der Waals surface area contributed by atoms with Crippen LogP contribution in [0.2, 0.25) is 0 Å². The van der Waals surface area contributed by atoms with Gasteiger partial charge in [0.25, 0.3) is 0 Å². The minimum Gasteiger partial charge on any atom is -0.466 e. The van der Waals surface area contributed by atoms with Crippen molar-refractivity contribution in [2.45, 2.75) is 393 Å². The van der Waals surface area contributed by atoms with Gasteiger partial charge < -0.3 is 4.74 Å². The molecule has 0 atom stereocenters. The lowest BCUT2D eigenvalue weighted by molar-refractivity contribution is -0.143. The van der Waals surface area contributed by atoms with Gasteiger partial charge in [-0.3, -0.25) is 4.79 Å². The van der Waals surface area contributed by atoms with Gasteiger partial charge in [0.2, 0.25) is 0 Å². The Labute approximate surface area is 413 Å². The fraction of sp³-hybridized carbons (Fsp3) is 0.984. The smallest absolute Gasteiger partial charge is 0.305 e. The molecule has 0 aromatic carbocycles. The molecule has 0 aliphatic heterocycles. The number of carbonyl (C=O) groups is 1. The van der Waals surface area contributed by atoms with Crippen molar-refractivity contribution in [3.8, 4) is 0 Å². The zero-order valence-electron chi connectivity index (χ0n) is 45.7. The second-order valence-electron chi connectivity index (χ2n) is 21.8. The summed E-state index contributed by atoms with van der Waals surface area (Å²) in [4.78, 5) is 11.5. The summed E-state index contributed by atoms with van der Waals surface area (Å²) in [5.41, 5.74) is 0. The number of carbonyl (C=O) groups excluding carboxylic acids is 1. The second kappa shape index (κ2) is 61.5. The Morgan fingerprint density at radius 3 is 0.477 bits per heavy atom. The Bertz CT molecular complexity index is 822. The summed E-state index contributed by atoms with van der Waals surface area (Å²) < 4.78 is 5.14. The van der Waals surface area contributed by atoms with Gasteiger partial charge in [0.05, 0.1) is 6.61 Å². The SMILES string of the molecule is CCCCCCCCCCCCCCCCCCCCCCCCCCCCCCCCCCCCCCCCCCCCCCCCCCCCCCCCCCCC(=O)OCCC. The summed E-state index contributed by atoms with van der Waals surface area (Å²) in [5, 5.41) is 0. The molecule has 0 aromatic heterocycles. The lowest BCUT2D eigenvalue weighted by atomic mass is 10.0. The summed E-state index contributed by atoms with van der Waals surface area (Å²) in [6, 6.07) is 0. The summed E-state index contributed by atoms with van der Waals surface area (Å²) in [5.74, 6) is -0.00480. The fourth-order valence-corrected chi connectivity index (χ4v) is 10.4. The van der Waals surface area contributed by atoms with Crippen molar-refractivity contribution in [3.63, 3.8) is 0 Å². The highest BCUT2D eigenvalue weighted by atomic mass is 16.5. The highest BCUT2D eigenvalue weighted by Crippen LogP contribution is 2.20. The molecule has 0 saturated carbocycles. The third-order valence-corrected chi connectivity index (χ3v) is 15.0. The first kappa shape index (κ1) is 64.5. The number of unbranched alkanes of at least 4 members (excludes halogenated alkanes) is 56. The maximum absolute atomic E-state index is 11.5. The molecule has 0 amide bonds. The van der Waals surface area contributed by atoms with Crippen molar-refractivity contribution < 1.29 is 9.53 Å². The Hall–Kier alpha value is -0.530. The predicted molar refractivity (Wildman–Crippen MR) is 295 cm³/mol. The van der Waals surface area contributed by atoms with Crippen LogP contribution >= 0.6 is 0 Å². The Balaban J connectivity index is 3.08. The quantitative estimate of drug-likeness (QED) is 0.0449. The van der Waals surface area contributed by atoms with Gasteiger partial charge in [-0.15, -0.1) is 0 Å². The van der Waals surface area contributed by atoms with Crippen LogP contribution in [0.15, 0.2) is 0 Å². The van der Waals surface area contributed by atoms with Gasteiger partial charge in [-0.05, 0) is 12.8 Å². The van der Waals surface area contributed by atoms with E-state index in [1.54, 1.807) is 0 Å². The molecule has 2 heteroatoms. The summed E-state index contributed by atoms with van der Waals surface area (Å²) in [6.45, 7) is 4.94. The highest BCUT2D eigenvalue weighted by molar-refractivity contribution is 5.69. The molecule has 0 aliphatic carbocycles. The molecule has 0 aromatic rings. The van der Waals surface area contributed by atoms with Crippen molar-refractivity contribution in [1.29, 1.82) is 0 Å². The molecule has 0 fully saturated rings. The molecule has 0 rings (SSSR count).